The monoisotopic (exact) mass is 415 g/mol. The van der Waals surface area contributed by atoms with E-state index in [1.807, 2.05) is 36.4 Å². The molecule has 146 valence electrons. The van der Waals surface area contributed by atoms with Crippen molar-refractivity contribution in [3.63, 3.8) is 0 Å². The SMILES string of the molecule is Cn1c(SCC(=O)NCC2CCCO2)nc2sc(-c3ccccc3)cc2c1=O. The van der Waals surface area contributed by atoms with Gasteiger partial charge in [0.05, 0.1) is 17.2 Å². The van der Waals surface area contributed by atoms with Gasteiger partial charge in [-0.15, -0.1) is 11.3 Å². The summed E-state index contributed by atoms with van der Waals surface area (Å²) < 4.78 is 7.03. The number of ether oxygens (including phenoxy) is 1. The summed E-state index contributed by atoms with van der Waals surface area (Å²) in [6, 6.07) is 11.8. The second kappa shape index (κ2) is 8.46. The van der Waals surface area contributed by atoms with Crippen LogP contribution in [0.2, 0.25) is 0 Å². The lowest BCUT2D eigenvalue weighted by molar-refractivity contribution is -0.119. The lowest BCUT2D eigenvalue weighted by atomic mass is 10.2. The Labute approximate surface area is 170 Å². The molecule has 0 spiro atoms. The molecule has 28 heavy (non-hydrogen) atoms. The highest BCUT2D eigenvalue weighted by Crippen LogP contribution is 2.31. The van der Waals surface area contributed by atoms with Gasteiger partial charge in [0.2, 0.25) is 5.91 Å². The highest BCUT2D eigenvalue weighted by Gasteiger charge is 2.17. The van der Waals surface area contributed by atoms with Crippen LogP contribution in [0.4, 0.5) is 0 Å². The first-order valence-electron chi connectivity index (χ1n) is 9.19. The Bertz CT molecular complexity index is 1040. The number of nitrogens with one attached hydrogen (secondary N) is 1. The molecule has 1 fully saturated rings. The maximum Gasteiger partial charge on any atom is 0.262 e. The highest BCUT2D eigenvalue weighted by atomic mass is 32.2. The fraction of sp³-hybridized carbons (Fsp3) is 0.350. The van der Waals surface area contributed by atoms with Gasteiger partial charge in [-0.3, -0.25) is 14.2 Å². The third kappa shape index (κ3) is 4.14. The zero-order valence-electron chi connectivity index (χ0n) is 15.5. The predicted octanol–water partition coefficient (Wildman–Crippen LogP) is 3.05. The first kappa shape index (κ1) is 19.2. The van der Waals surface area contributed by atoms with E-state index in [0.29, 0.717) is 21.9 Å². The van der Waals surface area contributed by atoms with Gasteiger partial charge in [-0.1, -0.05) is 42.1 Å². The minimum Gasteiger partial charge on any atom is -0.376 e. The van der Waals surface area contributed by atoms with Crippen LogP contribution in [0.25, 0.3) is 20.7 Å². The summed E-state index contributed by atoms with van der Waals surface area (Å²) in [5, 5.41) is 4.05. The average Bonchev–Trinajstić information content (AvgIpc) is 3.38. The lowest BCUT2D eigenvalue weighted by Crippen LogP contribution is -2.33. The van der Waals surface area contributed by atoms with Crippen molar-refractivity contribution in [1.29, 1.82) is 0 Å². The number of carbonyl (C=O) groups excluding carboxylic acids is 1. The number of nitrogens with zero attached hydrogens (tertiary/aromatic N) is 2. The summed E-state index contributed by atoms with van der Waals surface area (Å²) in [7, 11) is 1.70. The second-order valence-corrected chi connectivity index (χ2v) is 8.65. The van der Waals surface area contributed by atoms with Crippen LogP contribution in [0.15, 0.2) is 46.3 Å². The Morgan fingerprint density at radius 3 is 2.96 bits per heavy atom. The topological polar surface area (TPSA) is 73.2 Å². The Kier molecular flexibility index (Phi) is 5.79. The van der Waals surface area contributed by atoms with Gasteiger partial charge in [-0.05, 0) is 24.5 Å². The molecule has 2 aromatic heterocycles. The average molecular weight is 416 g/mol. The van der Waals surface area contributed by atoms with Crippen molar-refractivity contribution in [3.05, 3.63) is 46.8 Å². The van der Waals surface area contributed by atoms with E-state index in [0.717, 1.165) is 29.9 Å². The number of benzene rings is 1. The smallest absolute Gasteiger partial charge is 0.262 e. The van der Waals surface area contributed by atoms with E-state index >= 15 is 0 Å². The Hall–Kier alpha value is -2.16. The predicted molar refractivity (Wildman–Crippen MR) is 113 cm³/mol. The number of fused-ring (bicyclic) bond motifs is 1. The van der Waals surface area contributed by atoms with E-state index in [1.165, 1.54) is 27.7 Å². The van der Waals surface area contributed by atoms with E-state index in [2.05, 4.69) is 10.3 Å². The molecule has 1 saturated heterocycles. The third-order valence-corrected chi connectivity index (χ3v) is 6.78. The molecule has 1 aliphatic rings. The second-order valence-electron chi connectivity index (χ2n) is 6.68. The van der Waals surface area contributed by atoms with Gasteiger partial charge < -0.3 is 10.1 Å². The normalized spacial score (nSPS) is 16.5. The van der Waals surface area contributed by atoms with Gasteiger partial charge in [-0.2, -0.15) is 0 Å². The van der Waals surface area contributed by atoms with Gasteiger partial charge in [0.1, 0.15) is 4.83 Å². The van der Waals surface area contributed by atoms with E-state index in [-0.39, 0.29) is 23.3 Å². The van der Waals surface area contributed by atoms with Crippen LogP contribution in [0, 0.1) is 0 Å². The first-order valence-corrected chi connectivity index (χ1v) is 11.0. The van der Waals surface area contributed by atoms with Gasteiger partial charge in [0.25, 0.3) is 5.56 Å². The molecule has 6 nitrogen and oxygen atoms in total. The number of rotatable bonds is 6. The van der Waals surface area contributed by atoms with Gasteiger partial charge in [-0.25, -0.2) is 4.98 Å². The fourth-order valence-electron chi connectivity index (χ4n) is 3.14. The van der Waals surface area contributed by atoms with E-state index in [9.17, 15) is 9.59 Å². The van der Waals surface area contributed by atoms with Crippen LogP contribution in [-0.4, -0.2) is 40.5 Å². The third-order valence-electron chi connectivity index (χ3n) is 4.67. The van der Waals surface area contributed by atoms with Crippen molar-refractivity contribution >= 4 is 39.2 Å². The van der Waals surface area contributed by atoms with E-state index in [4.69, 9.17) is 4.74 Å². The quantitative estimate of drug-likeness (QED) is 0.495. The Morgan fingerprint density at radius 1 is 1.39 bits per heavy atom. The maximum atomic E-state index is 12.7. The van der Waals surface area contributed by atoms with Crippen LogP contribution in [-0.2, 0) is 16.6 Å². The molecular weight excluding hydrogens is 394 g/mol. The molecule has 3 aromatic rings. The number of hydrogen-bond donors (Lipinski definition) is 1. The number of carbonyl (C=O) groups is 1. The van der Waals surface area contributed by atoms with Crippen molar-refractivity contribution in [2.45, 2.75) is 24.1 Å². The molecule has 1 unspecified atom stereocenters. The van der Waals surface area contributed by atoms with Crippen molar-refractivity contribution in [2.24, 2.45) is 7.05 Å². The molecule has 0 saturated carbocycles. The standard InChI is InChI=1S/C20H21N3O3S2/c1-23-19(25)15-10-16(13-6-3-2-4-7-13)28-18(15)22-20(23)27-12-17(24)21-11-14-8-5-9-26-14/h2-4,6-7,10,14H,5,8-9,11-12H2,1H3,(H,21,24). The van der Waals surface area contributed by atoms with Crippen LogP contribution < -0.4 is 10.9 Å². The Morgan fingerprint density at radius 2 is 2.21 bits per heavy atom. The fourth-order valence-corrected chi connectivity index (χ4v) is 5.01. The molecule has 1 N–H and O–H groups in total. The first-order chi connectivity index (χ1) is 13.6. The molecule has 3 heterocycles. The molecule has 1 atom stereocenters. The van der Waals surface area contributed by atoms with Gasteiger partial charge >= 0.3 is 0 Å². The minimum absolute atomic E-state index is 0.0778. The number of amides is 1. The molecule has 1 aliphatic heterocycles. The zero-order valence-corrected chi connectivity index (χ0v) is 17.1. The van der Waals surface area contributed by atoms with Crippen LogP contribution in [0.5, 0.6) is 0 Å². The zero-order chi connectivity index (χ0) is 19.5. The summed E-state index contributed by atoms with van der Waals surface area (Å²) in [4.78, 5) is 31.2. The summed E-state index contributed by atoms with van der Waals surface area (Å²) in [5.74, 6) is 0.140. The van der Waals surface area contributed by atoms with Crippen molar-refractivity contribution in [3.8, 4) is 10.4 Å². The molecule has 1 aromatic carbocycles. The number of aromatic nitrogens is 2. The van der Waals surface area contributed by atoms with Gasteiger partial charge in [0, 0.05) is 25.1 Å². The van der Waals surface area contributed by atoms with Crippen molar-refractivity contribution in [1.82, 2.24) is 14.9 Å². The Balaban J connectivity index is 1.48. The van der Waals surface area contributed by atoms with Crippen molar-refractivity contribution < 1.29 is 9.53 Å². The molecule has 0 radical (unpaired) electrons. The van der Waals surface area contributed by atoms with Crippen molar-refractivity contribution in [2.75, 3.05) is 18.9 Å². The summed E-state index contributed by atoms with van der Waals surface area (Å²) in [6.45, 7) is 1.31. The van der Waals surface area contributed by atoms with E-state index < -0.39 is 0 Å². The van der Waals surface area contributed by atoms with Crippen LogP contribution >= 0.6 is 23.1 Å². The number of thiophene rings is 1. The van der Waals surface area contributed by atoms with Gasteiger partial charge in [0.15, 0.2) is 5.16 Å². The van der Waals surface area contributed by atoms with E-state index in [1.54, 1.807) is 7.05 Å². The molecule has 4 rings (SSSR count). The summed E-state index contributed by atoms with van der Waals surface area (Å²) >= 11 is 2.77. The van der Waals surface area contributed by atoms with Crippen LogP contribution in [0.1, 0.15) is 12.8 Å². The number of thioether (sulfide) groups is 1. The molecular formula is C20H21N3O3S2. The highest BCUT2D eigenvalue weighted by molar-refractivity contribution is 7.99. The summed E-state index contributed by atoms with van der Waals surface area (Å²) in [5.41, 5.74) is 0.973. The minimum atomic E-state index is -0.0919. The molecule has 1 amide bonds. The maximum absolute atomic E-state index is 12.7. The number of hydrogen-bond acceptors (Lipinski definition) is 6. The molecule has 0 aliphatic carbocycles. The summed E-state index contributed by atoms with van der Waals surface area (Å²) in [6.07, 6.45) is 2.16. The lowest BCUT2D eigenvalue weighted by Gasteiger charge is -2.11. The van der Waals surface area contributed by atoms with Crippen LogP contribution in [0.3, 0.4) is 0 Å². The largest absolute Gasteiger partial charge is 0.376 e. The molecule has 0 bridgehead atoms. The molecule has 8 heteroatoms.